The number of nitrogens with zero attached hydrogens (tertiary/aromatic N) is 3. The molecule has 4 heteroatoms. The Kier molecular flexibility index (Phi) is 6.78. The average Bonchev–Trinajstić information content (AvgIpc) is 3.80. The quantitative estimate of drug-likeness (QED) is 0.179. The van der Waals surface area contributed by atoms with Gasteiger partial charge < -0.3 is 13.9 Å². The van der Waals surface area contributed by atoms with Gasteiger partial charge in [0.1, 0.15) is 5.52 Å². The SMILES string of the molecule is c1ccc(-c2nc3c(N(c4ccc(-n5c6ccccc6c6ccccc65)cc4)c4ccccc4-c4ccccc4)cc4ccccc4c3o2)cc1. The van der Waals surface area contributed by atoms with E-state index in [1.165, 1.54) is 21.8 Å². The van der Waals surface area contributed by atoms with Crippen LogP contribution in [-0.2, 0) is 0 Å². The lowest BCUT2D eigenvalue weighted by molar-refractivity contribution is 0.623. The fraction of sp³-hybridized carbons (Fsp3) is 0. The van der Waals surface area contributed by atoms with Crippen LogP contribution in [0.1, 0.15) is 0 Å². The number of aromatic nitrogens is 2. The number of para-hydroxylation sites is 3. The Labute approximate surface area is 295 Å². The second-order valence-corrected chi connectivity index (χ2v) is 12.8. The fourth-order valence-corrected chi connectivity index (χ4v) is 7.49. The predicted molar refractivity (Wildman–Crippen MR) is 211 cm³/mol. The van der Waals surface area contributed by atoms with Gasteiger partial charge in [0.25, 0.3) is 0 Å². The highest BCUT2D eigenvalue weighted by Gasteiger charge is 2.24. The van der Waals surface area contributed by atoms with Gasteiger partial charge in [0.2, 0.25) is 5.89 Å². The largest absolute Gasteiger partial charge is 0.435 e. The Balaban J connectivity index is 1.23. The third-order valence-corrected chi connectivity index (χ3v) is 9.80. The van der Waals surface area contributed by atoms with Crippen LogP contribution in [0.4, 0.5) is 17.1 Å². The lowest BCUT2D eigenvalue weighted by atomic mass is 10.0. The number of hydrogen-bond acceptors (Lipinski definition) is 3. The molecule has 10 rings (SSSR count). The standard InChI is InChI=1S/C47H31N3O/c1-3-15-32(16-4-1)37-20-9-12-24-41(37)50(36-29-27-35(28-30-36)49-42-25-13-10-22-39(42)40-23-11-14-26-43(40)49)44-31-34-19-7-8-21-38(34)46-45(44)48-47(51-46)33-17-5-2-6-18-33/h1-31H. The normalized spacial score (nSPS) is 11.5. The average molecular weight is 654 g/mol. The summed E-state index contributed by atoms with van der Waals surface area (Å²) in [5, 5.41) is 4.60. The van der Waals surface area contributed by atoms with Gasteiger partial charge in [0.05, 0.1) is 22.4 Å². The van der Waals surface area contributed by atoms with Crippen LogP contribution >= 0.6 is 0 Å². The van der Waals surface area contributed by atoms with Crippen LogP contribution in [0.3, 0.4) is 0 Å². The van der Waals surface area contributed by atoms with Crippen LogP contribution in [-0.4, -0.2) is 9.55 Å². The minimum Gasteiger partial charge on any atom is -0.435 e. The molecule has 0 spiro atoms. The van der Waals surface area contributed by atoms with E-state index < -0.39 is 0 Å². The fourth-order valence-electron chi connectivity index (χ4n) is 7.49. The molecule has 4 nitrogen and oxygen atoms in total. The van der Waals surface area contributed by atoms with Crippen molar-refractivity contribution in [2.45, 2.75) is 0 Å². The molecule has 0 saturated carbocycles. The van der Waals surface area contributed by atoms with Gasteiger partial charge in [-0.25, -0.2) is 4.98 Å². The first-order valence-corrected chi connectivity index (χ1v) is 17.2. The van der Waals surface area contributed by atoms with Crippen LogP contribution < -0.4 is 4.90 Å². The first-order valence-electron chi connectivity index (χ1n) is 17.2. The van der Waals surface area contributed by atoms with Crippen molar-refractivity contribution < 1.29 is 4.42 Å². The van der Waals surface area contributed by atoms with E-state index in [0.29, 0.717) is 5.89 Å². The summed E-state index contributed by atoms with van der Waals surface area (Å²) in [6, 6.07) is 66.1. The van der Waals surface area contributed by atoms with Crippen molar-refractivity contribution in [3.63, 3.8) is 0 Å². The highest BCUT2D eigenvalue weighted by atomic mass is 16.3. The minimum absolute atomic E-state index is 0.598. The summed E-state index contributed by atoms with van der Waals surface area (Å²) in [6.45, 7) is 0. The van der Waals surface area contributed by atoms with E-state index >= 15 is 0 Å². The monoisotopic (exact) mass is 653 g/mol. The van der Waals surface area contributed by atoms with Crippen LogP contribution in [0.2, 0.25) is 0 Å². The van der Waals surface area contributed by atoms with E-state index in [1.54, 1.807) is 0 Å². The molecule has 2 heterocycles. The summed E-state index contributed by atoms with van der Waals surface area (Å²) in [6.07, 6.45) is 0. The van der Waals surface area contributed by atoms with Crippen LogP contribution in [0.25, 0.3) is 71.9 Å². The maximum atomic E-state index is 6.65. The van der Waals surface area contributed by atoms with Crippen molar-refractivity contribution in [2.24, 2.45) is 0 Å². The van der Waals surface area contributed by atoms with Gasteiger partial charge in [-0.3, -0.25) is 0 Å². The van der Waals surface area contributed by atoms with E-state index in [4.69, 9.17) is 9.40 Å². The van der Waals surface area contributed by atoms with Crippen LogP contribution in [0, 0.1) is 0 Å². The molecule has 8 aromatic carbocycles. The van der Waals surface area contributed by atoms with Crippen molar-refractivity contribution in [1.82, 2.24) is 9.55 Å². The zero-order valence-corrected chi connectivity index (χ0v) is 27.6. The molecule has 2 aromatic heterocycles. The van der Waals surface area contributed by atoms with Gasteiger partial charge >= 0.3 is 0 Å². The van der Waals surface area contributed by atoms with E-state index in [2.05, 4.69) is 167 Å². The summed E-state index contributed by atoms with van der Waals surface area (Å²) in [5.74, 6) is 0.598. The summed E-state index contributed by atoms with van der Waals surface area (Å²) in [7, 11) is 0. The predicted octanol–water partition coefficient (Wildman–Crippen LogP) is 12.9. The number of anilines is 3. The molecule has 0 fully saturated rings. The number of benzene rings is 8. The second-order valence-electron chi connectivity index (χ2n) is 12.8. The molecule has 10 aromatic rings. The zero-order chi connectivity index (χ0) is 33.7. The Morgan fingerprint density at radius 3 is 1.75 bits per heavy atom. The smallest absolute Gasteiger partial charge is 0.227 e. The number of hydrogen-bond donors (Lipinski definition) is 0. The summed E-state index contributed by atoms with van der Waals surface area (Å²) >= 11 is 0. The lowest BCUT2D eigenvalue weighted by Crippen LogP contribution is -2.12. The third-order valence-electron chi connectivity index (χ3n) is 9.80. The van der Waals surface area contributed by atoms with Crippen LogP contribution in [0.5, 0.6) is 0 Å². The lowest BCUT2D eigenvalue weighted by Gasteiger charge is -2.28. The van der Waals surface area contributed by atoms with Gasteiger partial charge in [-0.1, -0.05) is 127 Å². The highest BCUT2D eigenvalue weighted by molar-refractivity contribution is 6.12. The van der Waals surface area contributed by atoms with Gasteiger partial charge in [0.15, 0.2) is 5.58 Å². The number of oxazole rings is 1. The molecule has 0 N–H and O–H groups in total. The molecule has 0 radical (unpaired) electrons. The maximum Gasteiger partial charge on any atom is 0.227 e. The van der Waals surface area contributed by atoms with Crippen molar-refractivity contribution in [2.75, 3.05) is 4.90 Å². The molecule has 0 unspecified atom stereocenters. The molecule has 0 atom stereocenters. The Hall–Kier alpha value is -6.91. The van der Waals surface area contributed by atoms with Gasteiger partial charge in [-0.05, 0) is 71.6 Å². The number of fused-ring (bicyclic) bond motifs is 6. The molecule has 0 amide bonds. The van der Waals surface area contributed by atoms with Crippen molar-refractivity contribution in [3.8, 4) is 28.3 Å². The molecule has 51 heavy (non-hydrogen) atoms. The highest BCUT2D eigenvalue weighted by Crippen LogP contribution is 2.46. The Morgan fingerprint density at radius 2 is 1.04 bits per heavy atom. The number of rotatable bonds is 6. The van der Waals surface area contributed by atoms with Crippen LogP contribution in [0.15, 0.2) is 192 Å². The third kappa shape index (κ3) is 4.80. The van der Waals surface area contributed by atoms with E-state index in [1.807, 2.05) is 30.3 Å². The minimum atomic E-state index is 0.598. The molecule has 0 aliphatic carbocycles. The van der Waals surface area contributed by atoms with Crippen molar-refractivity contribution in [3.05, 3.63) is 188 Å². The Bertz CT molecular complexity index is 2800. The maximum absolute atomic E-state index is 6.65. The molecule has 0 bridgehead atoms. The van der Waals surface area contributed by atoms with E-state index in [0.717, 1.165) is 61.3 Å². The summed E-state index contributed by atoms with van der Waals surface area (Å²) in [4.78, 5) is 7.56. The molecular formula is C47H31N3O. The van der Waals surface area contributed by atoms with Gasteiger partial charge in [-0.15, -0.1) is 0 Å². The second kappa shape index (κ2) is 11.9. The van der Waals surface area contributed by atoms with E-state index in [9.17, 15) is 0 Å². The molecule has 240 valence electrons. The van der Waals surface area contributed by atoms with Gasteiger partial charge in [-0.2, -0.15) is 0 Å². The first kappa shape index (κ1) is 29.0. The molecule has 0 aliphatic rings. The molecule has 0 aliphatic heterocycles. The Morgan fingerprint density at radius 1 is 0.471 bits per heavy atom. The van der Waals surface area contributed by atoms with E-state index in [-0.39, 0.29) is 0 Å². The topological polar surface area (TPSA) is 34.2 Å². The first-order chi connectivity index (χ1) is 25.3. The molecular weight excluding hydrogens is 623 g/mol. The van der Waals surface area contributed by atoms with Crippen molar-refractivity contribution >= 4 is 60.7 Å². The summed E-state index contributed by atoms with van der Waals surface area (Å²) < 4.78 is 9.01. The molecule has 0 saturated heterocycles. The van der Waals surface area contributed by atoms with Crippen molar-refractivity contribution in [1.29, 1.82) is 0 Å². The zero-order valence-electron chi connectivity index (χ0n) is 27.6. The van der Waals surface area contributed by atoms with Gasteiger partial charge in [0, 0.05) is 38.7 Å². The summed E-state index contributed by atoms with van der Waals surface area (Å²) in [5.41, 5.74) is 11.3.